The van der Waals surface area contributed by atoms with Gasteiger partial charge in [-0.1, -0.05) is 4.99 Å². The van der Waals surface area contributed by atoms with Crippen molar-refractivity contribution < 1.29 is 9.79 Å². The first-order valence-corrected chi connectivity index (χ1v) is 3.04. The Kier molecular flexibility index (Phi) is 1.00. The zero-order chi connectivity index (χ0) is 7.84. The minimum atomic E-state index is -0.245. The summed E-state index contributed by atoms with van der Waals surface area (Å²) in [6, 6.07) is 0. The lowest BCUT2D eigenvalue weighted by Gasteiger charge is -1.97. The molecule has 2 aliphatic heterocycles. The van der Waals surface area contributed by atoms with Crippen molar-refractivity contribution in [2.75, 3.05) is 0 Å². The Bertz CT molecular complexity index is 348. The highest BCUT2D eigenvalue weighted by Crippen LogP contribution is 2.04. The molecule has 54 valence electrons. The van der Waals surface area contributed by atoms with Crippen molar-refractivity contribution >= 4 is 23.9 Å². The van der Waals surface area contributed by atoms with E-state index in [2.05, 4.69) is 15.0 Å². The molecule has 0 aromatic heterocycles. The van der Waals surface area contributed by atoms with Crippen LogP contribution in [0.15, 0.2) is 21.6 Å². The first kappa shape index (κ1) is 5.96. The molecule has 0 fully saturated rings. The lowest BCUT2D eigenvalue weighted by atomic mass is 10.2. The number of amidine groups is 1. The number of carbonyl (C=O) groups is 1. The second-order valence-corrected chi connectivity index (χ2v) is 2.13. The Balaban J connectivity index is 2.54. The maximum Gasteiger partial charge on any atom is 0.392 e. The van der Waals surface area contributed by atoms with Gasteiger partial charge in [-0.25, -0.2) is 9.98 Å². The lowest BCUT2D eigenvalue weighted by molar-refractivity contribution is -0.374. The minimum Gasteiger partial charge on any atom is -0.287 e. The van der Waals surface area contributed by atoms with E-state index in [1.807, 2.05) is 0 Å². The van der Waals surface area contributed by atoms with E-state index in [0.717, 1.165) is 0 Å². The van der Waals surface area contributed by atoms with Gasteiger partial charge < -0.3 is 0 Å². The van der Waals surface area contributed by atoms with Crippen molar-refractivity contribution in [3.8, 4) is 0 Å². The molecule has 2 rings (SSSR count). The topological polar surface area (TPSA) is 81.8 Å². The van der Waals surface area contributed by atoms with Crippen molar-refractivity contribution in [3.63, 3.8) is 0 Å². The summed E-state index contributed by atoms with van der Waals surface area (Å²) in [5, 5.41) is 0. The van der Waals surface area contributed by atoms with Gasteiger partial charge in [-0.2, -0.15) is 0 Å². The van der Waals surface area contributed by atoms with Crippen LogP contribution in [0.2, 0.25) is 0 Å². The van der Waals surface area contributed by atoms with Gasteiger partial charge in [0.1, 0.15) is 5.57 Å². The van der Waals surface area contributed by atoms with E-state index in [4.69, 9.17) is 5.73 Å². The first-order chi connectivity index (χ1) is 5.27. The Morgan fingerprint density at radius 3 is 3.18 bits per heavy atom. The van der Waals surface area contributed by atoms with Crippen LogP contribution in [0, 0.1) is 0 Å². The number of fused-ring (bicyclic) bond motifs is 1. The van der Waals surface area contributed by atoms with E-state index < -0.39 is 0 Å². The molecule has 0 bridgehead atoms. The number of amides is 1. The summed E-state index contributed by atoms with van der Waals surface area (Å²) in [6.07, 6.45) is 3.12. The molecule has 5 nitrogen and oxygen atoms in total. The van der Waals surface area contributed by atoms with Crippen LogP contribution in [0.25, 0.3) is 0 Å². The highest BCUT2D eigenvalue weighted by Gasteiger charge is 2.27. The molecule has 0 saturated carbocycles. The lowest BCUT2D eigenvalue weighted by Crippen LogP contribution is -2.81. The zero-order valence-corrected chi connectivity index (χ0v) is 5.53. The van der Waals surface area contributed by atoms with Crippen molar-refractivity contribution in [2.45, 2.75) is 0 Å². The molecule has 0 unspecified atom stereocenters. The third-order valence-electron chi connectivity index (χ3n) is 1.39. The number of guanidine groups is 1. The van der Waals surface area contributed by atoms with Crippen LogP contribution in [0.1, 0.15) is 0 Å². The fourth-order valence-corrected chi connectivity index (χ4v) is 0.919. The number of rotatable bonds is 0. The number of carbonyl (C=O) groups excluding carboxylic acids is 1. The van der Waals surface area contributed by atoms with E-state index in [1.165, 1.54) is 6.21 Å². The summed E-state index contributed by atoms with van der Waals surface area (Å²) >= 11 is 0. The van der Waals surface area contributed by atoms with Gasteiger partial charge in [-0.15, -0.1) is 0 Å². The third kappa shape index (κ3) is 0.778. The highest BCUT2D eigenvalue weighted by atomic mass is 16.1. The van der Waals surface area contributed by atoms with Gasteiger partial charge >= 0.3 is 11.9 Å². The first-order valence-electron chi connectivity index (χ1n) is 3.04. The molecule has 11 heavy (non-hydrogen) atoms. The van der Waals surface area contributed by atoms with Crippen molar-refractivity contribution in [1.82, 2.24) is 0 Å². The monoisotopic (exact) mass is 149 g/mol. The third-order valence-corrected chi connectivity index (χ3v) is 1.39. The predicted octanol–water partition coefficient (Wildman–Crippen LogP) is -2.67. The molecule has 0 aromatic rings. The average Bonchev–Trinajstić information content (AvgIpc) is 2.34. The quantitative estimate of drug-likeness (QED) is 0.394. The number of nitrogens with zero attached hydrogens (tertiary/aromatic N) is 2. The Morgan fingerprint density at radius 2 is 2.36 bits per heavy atom. The van der Waals surface area contributed by atoms with E-state index in [-0.39, 0.29) is 11.9 Å². The van der Waals surface area contributed by atoms with E-state index >= 15 is 0 Å². The molecule has 1 amide bonds. The largest absolute Gasteiger partial charge is 0.392 e. The predicted molar refractivity (Wildman–Crippen MR) is 39.2 cm³/mol. The Hall–Kier alpha value is -1.78. The van der Waals surface area contributed by atoms with Gasteiger partial charge in [0, 0.05) is 6.21 Å². The zero-order valence-electron chi connectivity index (χ0n) is 5.53. The van der Waals surface area contributed by atoms with Crippen LogP contribution >= 0.6 is 0 Å². The van der Waals surface area contributed by atoms with Crippen LogP contribution in [-0.4, -0.2) is 23.9 Å². The number of allylic oxidation sites excluding steroid dienone is 1. The van der Waals surface area contributed by atoms with E-state index in [0.29, 0.717) is 11.4 Å². The molecule has 0 radical (unpaired) electrons. The van der Waals surface area contributed by atoms with Gasteiger partial charge in [0.15, 0.2) is 0 Å². The molecule has 0 aliphatic carbocycles. The van der Waals surface area contributed by atoms with Crippen molar-refractivity contribution in [1.29, 1.82) is 0 Å². The fraction of sp³-hybridized carbons (Fsp3) is 0. The molecule has 2 heterocycles. The SMILES string of the molecule is NC1=[NH+]C(=O)C2=CC=NC2=N1. The standard InChI is InChI=1S/C6H4N4O/c7-6-9-4-3(1-2-8-4)5(11)10-6/h1-2H,(H2,7,10,11)/p+1. The summed E-state index contributed by atoms with van der Waals surface area (Å²) in [7, 11) is 0. The molecule has 0 atom stereocenters. The van der Waals surface area contributed by atoms with Crippen LogP contribution in [-0.2, 0) is 4.79 Å². The molecule has 2 aliphatic rings. The summed E-state index contributed by atoms with van der Waals surface area (Å²) in [4.78, 5) is 21.1. The second-order valence-electron chi connectivity index (χ2n) is 2.13. The van der Waals surface area contributed by atoms with Crippen molar-refractivity contribution in [3.05, 3.63) is 11.6 Å². The second kappa shape index (κ2) is 1.85. The molecular weight excluding hydrogens is 144 g/mol. The van der Waals surface area contributed by atoms with Crippen LogP contribution in [0.3, 0.4) is 0 Å². The fourth-order valence-electron chi connectivity index (χ4n) is 0.919. The highest BCUT2D eigenvalue weighted by molar-refractivity contribution is 6.28. The Morgan fingerprint density at radius 1 is 1.55 bits per heavy atom. The number of hydrogen-bond acceptors (Lipinski definition) is 4. The summed E-state index contributed by atoms with van der Waals surface area (Å²) in [5.74, 6) is 0.248. The normalized spacial score (nSPS) is 20.7. The smallest absolute Gasteiger partial charge is 0.287 e. The number of hydrogen-bond donors (Lipinski definition) is 2. The average molecular weight is 149 g/mol. The van der Waals surface area contributed by atoms with Gasteiger partial charge in [0.05, 0.1) is 0 Å². The van der Waals surface area contributed by atoms with Crippen LogP contribution < -0.4 is 10.7 Å². The summed E-state index contributed by atoms with van der Waals surface area (Å²) in [6.45, 7) is 0. The minimum absolute atomic E-state index is 0.0983. The summed E-state index contributed by atoms with van der Waals surface area (Å²) in [5.41, 5.74) is 5.75. The van der Waals surface area contributed by atoms with Gasteiger partial charge in [0.2, 0.25) is 5.84 Å². The maximum absolute atomic E-state index is 11.0. The van der Waals surface area contributed by atoms with E-state index in [1.54, 1.807) is 6.08 Å². The van der Waals surface area contributed by atoms with Crippen LogP contribution in [0.5, 0.6) is 0 Å². The number of nitrogens with two attached hydrogens (primary N) is 1. The molecular formula is C6H5N4O+. The molecule has 0 aromatic carbocycles. The molecule has 5 heteroatoms. The van der Waals surface area contributed by atoms with Crippen molar-refractivity contribution in [2.24, 2.45) is 15.7 Å². The Labute approximate surface area is 62.1 Å². The molecule has 0 saturated heterocycles. The van der Waals surface area contributed by atoms with Gasteiger partial charge in [0.25, 0.3) is 0 Å². The molecule has 0 spiro atoms. The number of nitrogens with one attached hydrogen (secondary N) is 1. The summed E-state index contributed by atoms with van der Waals surface area (Å²) < 4.78 is 0. The van der Waals surface area contributed by atoms with E-state index in [9.17, 15) is 4.79 Å². The molecule has 3 N–H and O–H groups in total. The van der Waals surface area contributed by atoms with Crippen LogP contribution in [0.4, 0.5) is 0 Å². The van der Waals surface area contributed by atoms with Gasteiger partial charge in [-0.3, -0.25) is 10.5 Å². The maximum atomic E-state index is 11.0. The number of aliphatic imine (C=N–C) groups is 2. The van der Waals surface area contributed by atoms with Gasteiger partial charge in [-0.05, 0) is 6.08 Å².